The molecule has 1 aromatic rings. The molecule has 0 N–H and O–H groups in total. The van der Waals surface area contributed by atoms with Gasteiger partial charge >= 0.3 is 0 Å². The van der Waals surface area contributed by atoms with Crippen LogP contribution in [0.15, 0.2) is 24.3 Å². The summed E-state index contributed by atoms with van der Waals surface area (Å²) in [5.41, 5.74) is 2.31. The number of hydrogen-bond donors (Lipinski definition) is 0. The molecule has 1 heterocycles. The standard InChI is InChI=1S/C15H19NO2/c16-10-8-13-4-6-14(7-5-13)9-12-18-15-3-1-2-11-17-15/h4-7,15H,1-3,8-9,11-12H2. The molecular formula is C15H19NO2. The van der Waals surface area contributed by atoms with Crippen LogP contribution in [-0.2, 0) is 22.3 Å². The fourth-order valence-electron chi connectivity index (χ4n) is 2.07. The number of rotatable bonds is 5. The Hall–Kier alpha value is -1.37. The van der Waals surface area contributed by atoms with Gasteiger partial charge in [-0.3, -0.25) is 0 Å². The lowest BCUT2D eigenvalue weighted by molar-refractivity contribution is -0.161. The summed E-state index contributed by atoms with van der Waals surface area (Å²) >= 11 is 0. The molecule has 0 saturated carbocycles. The molecule has 0 aliphatic carbocycles. The maximum absolute atomic E-state index is 8.59. The van der Waals surface area contributed by atoms with Crippen LogP contribution in [0.25, 0.3) is 0 Å². The van der Waals surface area contributed by atoms with Gasteiger partial charge in [0.1, 0.15) is 0 Å². The average molecular weight is 245 g/mol. The molecule has 1 aliphatic heterocycles. The van der Waals surface area contributed by atoms with Crippen LogP contribution >= 0.6 is 0 Å². The molecule has 18 heavy (non-hydrogen) atoms. The zero-order chi connectivity index (χ0) is 12.6. The van der Waals surface area contributed by atoms with Crippen molar-refractivity contribution >= 4 is 0 Å². The van der Waals surface area contributed by atoms with Crippen LogP contribution in [0.3, 0.4) is 0 Å². The molecule has 2 rings (SSSR count). The van der Waals surface area contributed by atoms with Gasteiger partial charge in [0.2, 0.25) is 0 Å². The van der Waals surface area contributed by atoms with E-state index >= 15 is 0 Å². The van der Waals surface area contributed by atoms with E-state index in [2.05, 4.69) is 18.2 Å². The molecule has 0 radical (unpaired) electrons. The molecular weight excluding hydrogens is 226 g/mol. The predicted octanol–water partition coefficient (Wildman–Crippen LogP) is 2.84. The van der Waals surface area contributed by atoms with Crippen LogP contribution in [0.1, 0.15) is 30.4 Å². The van der Waals surface area contributed by atoms with Gasteiger partial charge in [-0.05, 0) is 36.8 Å². The Morgan fingerprint density at radius 2 is 2.00 bits per heavy atom. The average Bonchev–Trinajstić information content (AvgIpc) is 2.42. The first-order valence-electron chi connectivity index (χ1n) is 6.56. The van der Waals surface area contributed by atoms with Crippen molar-refractivity contribution in [2.75, 3.05) is 13.2 Å². The van der Waals surface area contributed by atoms with E-state index in [4.69, 9.17) is 14.7 Å². The second-order valence-corrected chi connectivity index (χ2v) is 4.57. The number of nitrogens with zero attached hydrogens (tertiary/aromatic N) is 1. The van der Waals surface area contributed by atoms with Gasteiger partial charge in [0.15, 0.2) is 6.29 Å². The van der Waals surface area contributed by atoms with Crippen molar-refractivity contribution < 1.29 is 9.47 Å². The number of benzene rings is 1. The minimum atomic E-state index is -0.00314. The summed E-state index contributed by atoms with van der Waals surface area (Å²) in [4.78, 5) is 0. The summed E-state index contributed by atoms with van der Waals surface area (Å²) in [6, 6.07) is 10.3. The van der Waals surface area contributed by atoms with Gasteiger partial charge in [0.25, 0.3) is 0 Å². The van der Waals surface area contributed by atoms with Crippen molar-refractivity contribution in [1.29, 1.82) is 5.26 Å². The molecule has 1 aromatic carbocycles. The third-order valence-corrected chi connectivity index (χ3v) is 3.14. The summed E-state index contributed by atoms with van der Waals surface area (Å²) < 4.78 is 11.2. The Labute approximate surface area is 108 Å². The summed E-state index contributed by atoms with van der Waals surface area (Å²) in [6.07, 6.45) is 4.74. The van der Waals surface area contributed by atoms with Crippen molar-refractivity contribution in [3.63, 3.8) is 0 Å². The quantitative estimate of drug-likeness (QED) is 0.801. The highest BCUT2D eigenvalue weighted by Gasteiger charge is 2.13. The summed E-state index contributed by atoms with van der Waals surface area (Å²) in [6.45, 7) is 1.52. The van der Waals surface area contributed by atoms with E-state index in [-0.39, 0.29) is 6.29 Å². The van der Waals surface area contributed by atoms with Crippen LogP contribution in [-0.4, -0.2) is 19.5 Å². The molecule has 0 spiro atoms. The first-order chi connectivity index (χ1) is 8.88. The summed E-state index contributed by atoms with van der Waals surface area (Å²) in [5, 5.41) is 8.59. The molecule has 1 aliphatic rings. The van der Waals surface area contributed by atoms with Crippen molar-refractivity contribution in [1.82, 2.24) is 0 Å². The maximum atomic E-state index is 8.59. The number of ether oxygens (including phenoxy) is 2. The molecule has 0 amide bonds. The van der Waals surface area contributed by atoms with Gasteiger partial charge in [-0.2, -0.15) is 5.26 Å². The van der Waals surface area contributed by atoms with Crippen molar-refractivity contribution in [2.24, 2.45) is 0 Å². The zero-order valence-electron chi connectivity index (χ0n) is 10.6. The third kappa shape index (κ3) is 4.14. The zero-order valence-corrected chi connectivity index (χ0v) is 10.6. The van der Waals surface area contributed by atoms with Crippen molar-refractivity contribution in [2.45, 2.75) is 38.4 Å². The highest BCUT2D eigenvalue weighted by Crippen LogP contribution is 2.14. The molecule has 96 valence electrons. The Morgan fingerprint density at radius 1 is 1.22 bits per heavy atom. The van der Waals surface area contributed by atoms with E-state index in [0.29, 0.717) is 13.0 Å². The molecule has 3 nitrogen and oxygen atoms in total. The van der Waals surface area contributed by atoms with E-state index in [0.717, 1.165) is 31.4 Å². The molecule has 1 fully saturated rings. The van der Waals surface area contributed by atoms with Gasteiger partial charge in [0.05, 0.1) is 19.1 Å². The highest BCUT2D eigenvalue weighted by atomic mass is 16.7. The smallest absolute Gasteiger partial charge is 0.157 e. The minimum absolute atomic E-state index is 0.00314. The molecule has 3 heteroatoms. The SMILES string of the molecule is N#CCc1ccc(CCOC2CCCCO2)cc1. The lowest BCUT2D eigenvalue weighted by Gasteiger charge is -2.22. The lowest BCUT2D eigenvalue weighted by Crippen LogP contribution is -2.23. The molecule has 0 aromatic heterocycles. The van der Waals surface area contributed by atoms with Gasteiger partial charge in [-0.15, -0.1) is 0 Å². The van der Waals surface area contributed by atoms with Gasteiger partial charge in [0, 0.05) is 6.61 Å². The highest BCUT2D eigenvalue weighted by molar-refractivity contribution is 5.24. The number of hydrogen-bond acceptors (Lipinski definition) is 3. The van der Waals surface area contributed by atoms with E-state index in [9.17, 15) is 0 Å². The van der Waals surface area contributed by atoms with E-state index in [1.807, 2.05) is 12.1 Å². The van der Waals surface area contributed by atoms with Crippen LogP contribution in [0.4, 0.5) is 0 Å². The fourth-order valence-corrected chi connectivity index (χ4v) is 2.07. The van der Waals surface area contributed by atoms with Crippen LogP contribution in [0, 0.1) is 11.3 Å². The maximum Gasteiger partial charge on any atom is 0.157 e. The van der Waals surface area contributed by atoms with Crippen molar-refractivity contribution in [3.05, 3.63) is 35.4 Å². The monoisotopic (exact) mass is 245 g/mol. The van der Waals surface area contributed by atoms with Crippen molar-refractivity contribution in [3.8, 4) is 6.07 Å². The van der Waals surface area contributed by atoms with Crippen LogP contribution < -0.4 is 0 Å². The third-order valence-electron chi connectivity index (χ3n) is 3.14. The van der Waals surface area contributed by atoms with E-state index < -0.39 is 0 Å². The van der Waals surface area contributed by atoms with Gasteiger partial charge in [-0.1, -0.05) is 24.3 Å². The molecule has 1 saturated heterocycles. The van der Waals surface area contributed by atoms with E-state index in [1.54, 1.807) is 0 Å². The summed E-state index contributed by atoms with van der Waals surface area (Å²) in [7, 11) is 0. The second kappa shape index (κ2) is 7.15. The first-order valence-corrected chi connectivity index (χ1v) is 6.56. The Balaban J connectivity index is 1.71. The predicted molar refractivity (Wildman–Crippen MR) is 69.0 cm³/mol. The Kier molecular flexibility index (Phi) is 5.19. The molecule has 1 atom stereocenters. The topological polar surface area (TPSA) is 42.2 Å². The molecule has 0 bridgehead atoms. The first kappa shape index (κ1) is 13.1. The minimum Gasteiger partial charge on any atom is -0.353 e. The molecule has 1 unspecified atom stereocenters. The normalized spacial score (nSPS) is 19.4. The van der Waals surface area contributed by atoms with E-state index in [1.165, 1.54) is 12.0 Å². The Morgan fingerprint density at radius 3 is 2.67 bits per heavy atom. The van der Waals surface area contributed by atoms with Gasteiger partial charge in [-0.25, -0.2) is 0 Å². The van der Waals surface area contributed by atoms with Crippen LogP contribution in [0.2, 0.25) is 0 Å². The van der Waals surface area contributed by atoms with Crippen LogP contribution in [0.5, 0.6) is 0 Å². The second-order valence-electron chi connectivity index (χ2n) is 4.57. The van der Waals surface area contributed by atoms with Gasteiger partial charge < -0.3 is 9.47 Å². The number of nitriles is 1. The summed E-state index contributed by atoms with van der Waals surface area (Å²) in [5.74, 6) is 0. The largest absolute Gasteiger partial charge is 0.353 e. The Bertz CT molecular complexity index is 388. The fraction of sp³-hybridized carbons (Fsp3) is 0.533. The lowest BCUT2D eigenvalue weighted by atomic mass is 10.1.